The number of thiophene rings is 1. The second-order valence-corrected chi connectivity index (χ2v) is 6.13. The number of carbonyl (C=O) groups is 2. The van der Waals surface area contributed by atoms with E-state index in [1.807, 2.05) is 13.8 Å². The predicted molar refractivity (Wildman–Crippen MR) is 82.0 cm³/mol. The second kappa shape index (κ2) is 7.04. The molecule has 1 aromatic heterocycles. The minimum absolute atomic E-state index is 0.179. The molecule has 0 bridgehead atoms. The number of anilines is 1. The zero-order valence-corrected chi connectivity index (χ0v) is 13.5. The summed E-state index contributed by atoms with van der Waals surface area (Å²) in [4.78, 5) is 25.4. The van der Waals surface area contributed by atoms with Crippen molar-refractivity contribution in [3.63, 3.8) is 0 Å². The lowest BCUT2D eigenvalue weighted by atomic mass is 10.1. The first-order valence-corrected chi connectivity index (χ1v) is 8.11. The highest BCUT2D eigenvalue weighted by molar-refractivity contribution is 7.16. The van der Waals surface area contributed by atoms with Gasteiger partial charge >= 0.3 is 5.97 Å². The Labute approximate surface area is 128 Å². The summed E-state index contributed by atoms with van der Waals surface area (Å²) in [6.07, 6.45) is 1.94. The first kappa shape index (κ1) is 16.0. The number of aryl methyl sites for hydroxylation is 1. The smallest absolute Gasteiger partial charge is 0.341 e. The van der Waals surface area contributed by atoms with Crippen molar-refractivity contribution in [1.29, 1.82) is 0 Å². The number of nitrogens with one attached hydrogen (secondary N) is 1. The van der Waals surface area contributed by atoms with Crippen LogP contribution < -0.4 is 5.32 Å². The van der Waals surface area contributed by atoms with E-state index in [9.17, 15) is 9.59 Å². The molecule has 1 atom stereocenters. The van der Waals surface area contributed by atoms with E-state index in [-0.39, 0.29) is 11.9 Å². The molecule has 0 radical (unpaired) electrons. The Hall–Kier alpha value is -1.40. The molecule has 0 saturated carbocycles. The van der Waals surface area contributed by atoms with Crippen molar-refractivity contribution in [2.45, 2.75) is 46.1 Å². The molecule has 1 saturated heterocycles. The molecule has 116 valence electrons. The van der Waals surface area contributed by atoms with Gasteiger partial charge in [-0.25, -0.2) is 4.79 Å². The van der Waals surface area contributed by atoms with E-state index in [0.29, 0.717) is 23.8 Å². The highest BCUT2D eigenvalue weighted by Crippen LogP contribution is 2.34. The number of amides is 1. The van der Waals surface area contributed by atoms with Gasteiger partial charge in [-0.15, -0.1) is 11.3 Å². The Morgan fingerprint density at radius 3 is 2.76 bits per heavy atom. The minimum atomic E-state index is -0.410. The van der Waals surface area contributed by atoms with E-state index in [2.05, 4.69) is 5.32 Å². The van der Waals surface area contributed by atoms with Crippen LogP contribution in [0.15, 0.2) is 0 Å². The van der Waals surface area contributed by atoms with Gasteiger partial charge in [-0.05, 0) is 38.7 Å². The van der Waals surface area contributed by atoms with Gasteiger partial charge in [0.25, 0.3) is 5.91 Å². The quantitative estimate of drug-likeness (QED) is 0.849. The lowest BCUT2D eigenvalue weighted by molar-refractivity contribution is -0.124. The van der Waals surface area contributed by atoms with Gasteiger partial charge < -0.3 is 14.8 Å². The Morgan fingerprint density at radius 1 is 1.43 bits per heavy atom. The lowest BCUT2D eigenvalue weighted by Crippen LogP contribution is -2.27. The van der Waals surface area contributed by atoms with Crippen LogP contribution in [-0.2, 0) is 20.7 Å². The zero-order valence-electron chi connectivity index (χ0n) is 12.7. The highest BCUT2D eigenvalue weighted by atomic mass is 32.1. The maximum absolute atomic E-state index is 12.2. The van der Waals surface area contributed by atoms with E-state index >= 15 is 0 Å². The van der Waals surface area contributed by atoms with Crippen LogP contribution in [0.4, 0.5) is 5.00 Å². The van der Waals surface area contributed by atoms with Gasteiger partial charge in [-0.3, -0.25) is 4.79 Å². The van der Waals surface area contributed by atoms with Crippen molar-refractivity contribution in [3.8, 4) is 0 Å². The van der Waals surface area contributed by atoms with Gasteiger partial charge in [-0.2, -0.15) is 0 Å². The SMILES string of the molecule is CCOC(=O)c1c(NC(=O)[C@@H]2CCCO2)sc(C)c1CC. The first-order valence-electron chi connectivity index (χ1n) is 7.30. The van der Waals surface area contributed by atoms with Gasteiger partial charge in [0.15, 0.2) is 0 Å². The molecule has 0 aromatic carbocycles. The molecule has 21 heavy (non-hydrogen) atoms. The van der Waals surface area contributed by atoms with Gasteiger partial charge in [0, 0.05) is 11.5 Å². The van der Waals surface area contributed by atoms with E-state index in [1.165, 1.54) is 11.3 Å². The molecule has 1 aromatic rings. The number of ether oxygens (including phenoxy) is 2. The third kappa shape index (κ3) is 3.44. The first-order chi connectivity index (χ1) is 10.1. The summed E-state index contributed by atoms with van der Waals surface area (Å²) < 4.78 is 10.5. The number of rotatable bonds is 5. The van der Waals surface area contributed by atoms with Gasteiger partial charge in [0.05, 0.1) is 12.2 Å². The fraction of sp³-hybridized carbons (Fsp3) is 0.600. The molecule has 0 spiro atoms. The van der Waals surface area contributed by atoms with Crippen molar-refractivity contribution in [3.05, 3.63) is 16.0 Å². The summed E-state index contributed by atoms with van der Waals surface area (Å²) in [6, 6.07) is 0. The van der Waals surface area contributed by atoms with Crippen LogP contribution in [0.5, 0.6) is 0 Å². The van der Waals surface area contributed by atoms with Crippen molar-refractivity contribution in [2.24, 2.45) is 0 Å². The standard InChI is InChI=1S/C15H21NO4S/c1-4-10-9(3)21-14(12(10)15(18)19-5-2)16-13(17)11-7-6-8-20-11/h11H,4-8H2,1-3H3,(H,16,17)/t11-/m0/s1. The molecule has 2 heterocycles. The van der Waals surface area contributed by atoms with Crippen LogP contribution in [0.25, 0.3) is 0 Å². The van der Waals surface area contributed by atoms with Crippen LogP contribution in [-0.4, -0.2) is 31.2 Å². The summed E-state index contributed by atoms with van der Waals surface area (Å²) in [5.74, 6) is -0.553. The van der Waals surface area contributed by atoms with E-state index in [0.717, 1.165) is 29.7 Å². The summed E-state index contributed by atoms with van der Waals surface area (Å²) in [6.45, 7) is 6.65. The van der Waals surface area contributed by atoms with Crippen LogP contribution in [0.2, 0.25) is 0 Å². The molecule has 2 rings (SSSR count). The van der Waals surface area contributed by atoms with Crippen LogP contribution in [0, 0.1) is 6.92 Å². The predicted octanol–water partition coefficient (Wildman–Crippen LogP) is 2.91. The van der Waals surface area contributed by atoms with Gasteiger partial charge in [0.2, 0.25) is 0 Å². The minimum Gasteiger partial charge on any atom is -0.462 e. The highest BCUT2D eigenvalue weighted by Gasteiger charge is 2.28. The van der Waals surface area contributed by atoms with E-state index in [1.54, 1.807) is 6.92 Å². The molecule has 1 N–H and O–H groups in total. The molecule has 1 amide bonds. The van der Waals surface area contributed by atoms with Crippen molar-refractivity contribution in [1.82, 2.24) is 0 Å². The third-order valence-corrected chi connectivity index (χ3v) is 4.56. The molecular formula is C15H21NO4S. The van der Waals surface area contributed by atoms with Gasteiger partial charge in [-0.1, -0.05) is 6.92 Å². The fourth-order valence-corrected chi connectivity index (χ4v) is 3.62. The molecular weight excluding hydrogens is 290 g/mol. The van der Waals surface area contributed by atoms with Crippen LogP contribution in [0.3, 0.4) is 0 Å². The Morgan fingerprint density at radius 2 is 2.19 bits per heavy atom. The maximum atomic E-state index is 12.2. The second-order valence-electron chi connectivity index (χ2n) is 4.91. The summed E-state index contributed by atoms with van der Waals surface area (Å²) in [5.41, 5.74) is 1.44. The topological polar surface area (TPSA) is 64.6 Å². The monoisotopic (exact) mass is 311 g/mol. The third-order valence-electron chi connectivity index (χ3n) is 3.50. The van der Waals surface area contributed by atoms with Gasteiger partial charge in [0.1, 0.15) is 11.1 Å². The Balaban J connectivity index is 2.25. The Kier molecular flexibility index (Phi) is 5.36. The van der Waals surface area contributed by atoms with E-state index < -0.39 is 6.10 Å². The van der Waals surface area contributed by atoms with E-state index in [4.69, 9.17) is 9.47 Å². The largest absolute Gasteiger partial charge is 0.462 e. The number of hydrogen-bond donors (Lipinski definition) is 1. The lowest BCUT2D eigenvalue weighted by Gasteiger charge is -2.11. The molecule has 1 aliphatic heterocycles. The summed E-state index contributed by atoms with van der Waals surface area (Å²) >= 11 is 1.42. The molecule has 0 unspecified atom stereocenters. The summed E-state index contributed by atoms with van der Waals surface area (Å²) in [5, 5.41) is 3.41. The van der Waals surface area contributed by atoms with Crippen LogP contribution >= 0.6 is 11.3 Å². The van der Waals surface area contributed by atoms with Crippen molar-refractivity contribution < 1.29 is 19.1 Å². The van der Waals surface area contributed by atoms with Crippen molar-refractivity contribution >= 4 is 28.2 Å². The average Bonchev–Trinajstić information content (AvgIpc) is 3.06. The molecule has 1 fully saturated rings. The average molecular weight is 311 g/mol. The zero-order chi connectivity index (χ0) is 15.4. The summed E-state index contributed by atoms with van der Waals surface area (Å²) in [7, 11) is 0. The van der Waals surface area contributed by atoms with Crippen LogP contribution in [0.1, 0.15) is 47.5 Å². The fourth-order valence-electron chi connectivity index (χ4n) is 2.49. The Bertz CT molecular complexity index is 532. The number of esters is 1. The maximum Gasteiger partial charge on any atom is 0.341 e. The normalized spacial score (nSPS) is 17.8. The van der Waals surface area contributed by atoms with Crippen molar-refractivity contribution in [2.75, 3.05) is 18.5 Å². The molecule has 6 heteroatoms. The molecule has 1 aliphatic rings. The molecule has 5 nitrogen and oxygen atoms in total. The molecule has 0 aliphatic carbocycles. The number of hydrogen-bond acceptors (Lipinski definition) is 5. The number of carbonyl (C=O) groups excluding carboxylic acids is 2.